The van der Waals surface area contributed by atoms with Crippen LogP contribution in [0.4, 0.5) is 4.79 Å². The van der Waals surface area contributed by atoms with Gasteiger partial charge in [0.1, 0.15) is 11.4 Å². The third kappa shape index (κ3) is 3.59. The van der Waals surface area contributed by atoms with Crippen LogP contribution in [0.1, 0.15) is 40.5 Å². The molecular formula is C14H23NO3. The first-order chi connectivity index (χ1) is 8.18. The van der Waals surface area contributed by atoms with Gasteiger partial charge in [0.05, 0.1) is 5.41 Å². The van der Waals surface area contributed by atoms with Crippen molar-refractivity contribution in [2.45, 2.75) is 46.1 Å². The maximum absolute atomic E-state index is 11.9. The van der Waals surface area contributed by atoms with Crippen molar-refractivity contribution < 1.29 is 14.3 Å². The molecular weight excluding hydrogens is 230 g/mol. The Labute approximate surface area is 109 Å². The number of hydrogen-bond acceptors (Lipinski definition) is 3. The zero-order valence-corrected chi connectivity index (χ0v) is 11.8. The summed E-state index contributed by atoms with van der Waals surface area (Å²) in [5.74, 6) is 0.196. The highest BCUT2D eigenvalue weighted by Crippen LogP contribution is 2.33. The molecule has 0 atom stereocenters. The normalized spacial score (nSPS) is 17.9. The minimum absolute atomic E-state index is 0.196. The molecule has 0 saturated carbocycles. The van der Waals surface area contributed by atoms with Gasteiger partial charge < -0.3 is 9.64 Å². The Bertz CT molecular complexity index is 349. The van der Waals surface area contributed by atoms with Gasteiger partial charge in [-0.15, -0.1) is 6.58 Å². The van der Waals surface area contributed by atoms with E-state index in [4.69, 9.17) is 4.74 Å². The van der Waals surface area contributed by atoms with E-state index in [2.05, 4.69) is 6.58 Å². The second kappa shape index (κ2) is 5.12. The lowest BCUT2D eigenvalue weighted by Gasteiger charge is -2.46. The fraction of sp³-hybridized carbons (Fsp3) is 0.714. The van der Waals surface area contributed by atoms with Crippen LogP contribution < -0.4 is 0 Å². The van der Waals surface area contributed by atoms with E-state index in [1.54, 1.807) is 11.0 Å². The molecule has 0 N–H and O–H groups in total. The molecule has 0 aromatic rings. The van der Waals surface area contributed by atoms with Crippen LogP contribution in [0.3, 0.4) is 0 Å². The van der Waals surface area contributed by atoms with Crippen molar-refractivity contribution in [1.29, 1.82) is 0 Å². The number of carbonyl (C=O) groups excluding carboxylic acids is 2. The summed E-state index contributed by atoms with van der Waals surface area (Å²) in [7, 11) is 0. The van der Waals surface area contributed by atoms with Crippen molar-refractivity contribution >= 4 is 11.9 Å². The molecule has 0 aromatic heterocycles. The van der Waals surface area contributed by atoms with Gasteiger partial charge in [0.25, 0.3) is 0 Å². The number of allylic oxidation sites excluding steroid dienone is 1. The number of amides is 1. The summed E-state index contributed by atoms with van der Waals surface area (Å²) in [5.41, 5.74) is -0.893. The summed E-state index contributed by atoms with van der Waals surface area (Å²) in [4.78, 5) is 25.3. The number of carbonyl (C=O) groups is 2. The number of nitrogens with zero attached hydrogens (tertiary/aromatic N) is 1. The summed E-state index contributed by atoms with van der Waals surface area (Å²) in [6.07, 6.45) is 2.60. The van der Waals surface area contributed by atoms with E-state index < -0.39 is 11.0 Å². The van der Waals surface area contributed by atoms with E-state index in [1.165, 1.54) is 0 Å². The lowest BCUT2D eigenvalue weighted by Crippen LogP contribution is -2.61. The Kier molecular flexibility index (Phi) is 4.20. The summed E-state index contributed by atoms with van der Waals surface area (Å²) >= 11 is 0. The first kappa shape index (κ1) is 14.7. The largest absolute Gasteiger partial charge is 0.444 e. The molecule has 0 aliphatic carbocycles. The number of ether oxygens (including phenoxy) is 1. The van der Waals surface area contributed by atoms with Gasteiger partial charge in [-0.05, 0) is 34.1 Å². The quantitative estimate of drug-likeness (QED) is 0.724. The molecule has 0 bridgehead atoms. The molecule has 0 aromatic carbocycles. The highest BCUT2D eigenvalue weighted by atomic mass is 16.6. The molecule has 1 rings (SSSR count). The van der Waals surface area contributed by atoms with Crippen molar-refractivity contribution in [1.82, 2.24) is 4.90 Å². The van der Waals surface area contributed by atoms with Gasteiger partial charge >= 0.3 is 6.09 Å². The van der Waals surface area contributed by atoms with Gasteiger partial charge in [0, 0.05) is 19.5 Å². The average molecular weight is 253 g/mol. The second-order valence-corrected chi connectivity index (χ2v) is 6.15. The van der Waals surface area contributed by atoms with Crippen LogP contribution in [0.2, 0.25) is 0 Å². The third-order valence-electron chi connectivity index (χ3n) is 2.98. The fourth-order valence-electron chi connectivity index (χ4n) is 1.96. The van der Waals surface area contributed by atoms with Crippen LogP contribution in [-0.2, 0) is 9.53 Å². The Hall–Kier alpha value is -1.32. The van der Waals surface area contributed by atoms with Crippen molar-refractivity contribution in [3.63, 3.8) is 0 Å². The molecule has 1 fully saturated rings. The summed E-state index contributed by atoms with van der Waals surface area (Å²) in [6, 6.07) is 0. The molecule has 1 saturated heterocycles. The van der Waals surface area contributed by atoms with Crippen LogP contribution in [-0.4, -0.2) is 35.5 Å². The van der Waals surface area contributed by atoms with E-state index in [9.17, 15) is 9.59 Å². The Balaban J connectivity index is 2.44. The molecule has 0 unspecified atom stereocenters. The standard InChI is InChI=1S/C14H23NO3/c1-6-7-8-11(16)14(5)9-15(10-14)12(17)18-13(2,3)4/h6H,1,7-10H2,2-5H3. The van der Waals surface area contributed by atoms with Gasteiger partial charge in [-0.1, -0.05) is 6.08 Å². The summed E-state index contributed by atoms with van der Waals surface area (Å²) < 4.78 is 5.26. The van der Waals surface area contributed by atoms with E-state index >= 15 is 0 Å². The Morgan fingerprint density at radius 2 is 1.94 bits per heavy atom. The van der Waals surface area contributed by atoms with E-state index in [1.807, 2.05) is 27.7 Å². The predicted molar refractivity (Wildman–Crippen MR) is 70.4 cm³/mol. The zero-order valence-electron chi connectivity index (χ0n) is 11.8. The van der Waals surface area contributed by atoms with Crippen LogP contribution >= 0.6 is 0 Å². The number of likely N-dealkylation sites (tertiary alicyclic amines) is 1. The van der Waals surface area contributed by atoms with Gasteiger partial charge in [-0.25, -0.2) is 4.79 Å². The molecule has 1 heterocycles. The number of hydrogen-bond donors (Lipinski definition) is 0. The first-order valence-corrected chi connectivity index (χ1v) is 6.30. The minimum atomic E-state index is -0.490. The lowest BCUT2D eigenvalue weighted by molar-refractivity contribution is -0.136. The van der Waals surface area contributed by atoms with Crippen molar-refractivity contribution in [3.8, 4) is 0 Å². The predicted octanol–water partition coefficient (Wildman–Crippen LogP) is 2.78. The van der Waals surface area contributed by atoms with Gasteiger partial charge in [-0.3, -0.25) is 4.79 Å². The monoisotopic (exact) mass is 253 g/mol. The molecule has 4 nitrogen and oxygen atoms in total. The fourth-order valence-corrected chi connectivity index (χ4v) is 1.96. The highest BCUT2D eigenvalue weighted by Gasteiger charge is 2.47. The van der Waals surface area contributed by atoms with Crippen molar-refractivity contribution in [2.75, 3.05) is 13.1 Å². The lowest BCUT2D eigenvalue weighted by atomic mass is 9.76. The van der Waals surface area contributed by atoms with Crippen molar-refractivity contribution in [3.05, 3.63) is 12.7 Å². The molecule has 0 radical (unpaired) electrons. The summed E-state index contributed by atoms with van der Waals surface area (Å²) in [6.45, 7) is 11.9. The van der Waals surface area contributed by atoms with E-state index in [0.717, 1.165) is 0 Å². The second-order valence-electron chi connectivity index (χ2n) is 6.15. The maximum atomic E-state index is 11.9. The highest BCUT2D eigenvalue weighted by molar-refractivity contribution is 5.88. The number of Topliss-reactive ketones (excluding diaryl/α,β-unsaturated/α-hetero) is 1. The average Bonchev–Trinajstić information content (AvgIpc) is 2.18. The van der Waals surface area contributed by atoms with Gasteiger partial charge in [0.2, 0.25) is 0 Å². The first-order valence-electron chi connectivity index (χ1n) is 6.30. The van der Waals surface area contributed by atoms with Crippen molar-refractivity contribution in [2.24, 2.45) is 5.41 Å². The van der Waals surface area contributed by atoms with Crippen LogP contribution in [0.15, 0.2) is 12.7 Å². The molecule has 1 aliphatic rings. The number of rotatable bonds is 4. The van der Waals surface area contributed by atoms with E-state index in [0.29, 0.717) is 25.9 Å². The van der Waals surface area contributed by atoms with Crippen LogP contribution in [0.5, 0.6) is 0 Å². The molecule has 102 valence electrons. The molecule has 4 heteroatoms. The molecule has 18 heavy (non-hydrogen) atoms. The number of ketones is 1. The minimum Gasteiger partial charge on any atom is -0.444 e. The van der Waals surface area contributed by atoms with E-state index in [-0.39, 0.29) is 11.9 Å². The molecule has 1 aliphatic heterocycles. The van der Waals surface area contributed by atoms with Crippen LogP contribution in [0, 0.1) is 5.41 Å². The molecule has 1 amide bonds. The zero-order chi connectivity index (χ0) is 14.0. The summed E-state index contributed by atoms with van der Waals surface area (Å²) in [5, 5.41) is 0. The van der Waals surface area contributed by atoms with Crippen LogP contribution in [0.25, 0.3) is 0 Å². The maximum Gasteiger partial charge on any atom is 0.410 e. The smallest absolute Gasteiger partial charge is 0.410 e. The Morgan fingerprint density at radius 3 is 2.39 bits per heavy atom. The third-order valence-corrected chi connectivity index (χ3v) is 2.98. The topological polar surface area (TPSA) is 46.6 Å². The van der Waals surface area contributed by atoms with Gasteiger partial charge in [-0.2, -0.15) is 0 Å². The van der Waals surface area contributed by atoms with Gasteiger partial charge in [0.15, 0.2) is 0 Å². The Morgan fingerprint density at radius 1 is 1.39 bits per heavy atom. The molecule has 0 spiro atoms. The SMILES string of the molecule is C=CCCC(=O)C1(C)CN(C(=O)OC(C)(C)C)C1.